The summed E-state index contributed by atoms with van der Waals surface area (Å²) in [6, 6.07) is 10.5. The second-order valence-corrected chi connectivity index (χ2v) is 2.74. The third-order valence-electron chi connectivity index (χ3n) is 1.64. The Morgan fingerprint density at radius 3 is 2.41 bits per heavy atom. The van der Waals surface area contributed by atoms with Gasteiger partial charge in [0.1, 0.15) is 6.21 Å². The topological polar surface area (TPSA) is 110 Å². The zero-order valence-corrected chi connectivity index (χ0v) is 8.95. The summed E-state index contributed by atoms with van der Waals surface area (Å²) in [6.07, 6.45) is 4.33. The van der Waals surface area contributed by atoms with E-state index in [4.69, 9.17) is 5.21 Å². The minimum absolute atomic E-state index is 0. The number of nitrogens with zero attached hydrogens (tertiary/aromatic N) is 2. The first-order valence-corrected chi connectivity index (χ1v) is 4.55. The molecule has 0 saturated carbocycles. The number of ketones is 1. The van der Waals surface area contributed by atoms with Gasteiger partial charge in [0, 0.05) is 18.0 Å². The molecule has 0 atom stereocenters. The van der Waals surface area contributed by atoms with Gasteiger partial charge in [0.05, 0.1) is 0 Å². The maximum atomic E-state index is 10.9. The zero-order valence-electron chi connectivity index (χ0n) is 8.95. The van der Waals surface area contributed by atoms with Gasteiger partial charge in [-0.05, 0) is 6.07 Å². The quantitative estimate of drug-likeness (QED) is 0.349. The molecule has 0 unspecified atom stereocenters. The first kappa shape index (κ1) is 14.5. The van der Waals surface area contributed by atoms with Crippen LogP contribution in [0.3, 0.4) is 0 Å². The molecule has 0 aliphatic rings. The molecule has 1 aromatic heterocycles. The summed E-state index contributed by atoms with van der Waals surface area (Å²) in [6.45, 7) is 0. The van der Waals surface area contributed by atoms with Gasteiger partial charge in [0.15, 0.2) is 0 Å². The predicted octanol–water partition coefficient (Wildman–Crippen LogP) is 0.914. The minimum Gasteiger partial charge on any atom is -0.412 e. The Kier molecular flexibility index (Phi) is 7.53. The fourth-order valence-electron chi connectivity index (χ4n) is 0.945. The number of rotatable bonds is 2. The lowest BCUT2D eigenvalue weighted by molar-refractivity contribution is 0.106. The van der Waals surface area contributed by atoms with E-state index in [-0.39, 0.29) is 11.3 Å². The van der Waals surface area contributed by atoms with Crippen molar-refractivity contribution in [1.29, 1.82) is 0 Å². The van der Waals surface area contributed by atoms with E-state index in [1.807, 2.05) is 12.1 Å². The zero-order chi connectivity index (χ0) is 11.6. The van der Waals surface area contributed by atoms with E-state index in [0.29, 0.717) is 5.56 Å². The first-order valence-electron chi connectivity index (χ1n) is 4.55. The van der Waals surface area contributed by atoms with Crippen LogP contribution in [0.1, 0.15) is 10.4 Å². The van der Waals surface area contributed by atoms with E-state index >= 15 is 0 Å². The molecule has 17 heavy (non-hydrogen) atoms. The number of aromatic amines is 1. The summed E-state index contributed by atoms with van der Waals surface area (Å²) in [7, 11) is 0. The molecule has 0 aliphatic carbocycles. The summed E-state index contributed by atoms with van der Waals surface area (Å²) >= 11 is 0. The molecule has 90 valence electrons. The SMILES string of the molecule is O.O=C(C=NO)c1ccccc1.c1cn[nH]c1. The van der Waals surface area contributed by atoms with Crippen molar-refractivity contribution in [3.05, 3.63) is 54.4 Å². The molecule has 0 saturated heterocycles. The molecular formula is C11H13N3O3. The van der Waals surface area contributed by atoms with Gasteiger partial charge in [-0.25, -0.2) is 0 Å². The summed E-state index contributed by atoms with van der Waals surface area (Å²) in [5, 5.41) is 16.9. The van der Waals surface area contributed by atoms with Crippen LogP contribution in [0.15, 0.2) is 53.9 Å². The van der Waals surface area contributed by atoms with Gasteiger partial charge in [-0.2, -0.15) is 5.10 Å². The van der Waals surface area contributed by atoms with Crippen molar-refractivity contribution in [2.75, 3.05) is 0 Å². The predicted molar refractivity (Wildman–Crippen MR) is 63.3 cm³/mol. The Morgan fingerprint density at radius 1 is 1.29 bits per heavy atom. The van der Waals surface area contributed by atoms with Crippen LogP contribution in [0.5, 0.6) is 0 Å². The molecule has 0 bridgehead atoms. The van der Waals surface area contributed by atoms with Gasteiger partial charge >= 0.3 is 0 Å². The number of carbonyl (C=O) groups excluding carboxylic acids is 1. The summed E-state index contributed by atoms with van der Waals surface area (Å²) in [4.78, 5) is 10.9. The number of carbonyl (C=O) groups is 1. The normalized spacial score (nSPS) is 8.94. The molecule has 2 aromatic rings. The second-order valence-electron chi connectivity index (χ2n) is 2.74. The Hall–Kier alpha value is -2.47. The minimum atomic E-state index is -0.298. The monoisotopic (exact) mass is 235 g/mol. The molecule has 1 heterocycles. The van der Waals surface area contributed by atoms with E-state index in [0.717, 1.165) is 6.21 Å². The highest BCUT2D eigenvalue weighted by Crippen LogP contribution is 1.97. The average Bonchev–Trinajstić information content (AvgIpc) is 2.89. The van der Waals surface area contributed by atoms with E-state index < -0.39 is 0 Å². The molecule has 0 fully saturated rings. The van der Waals surface area contributed by atoms with Crippen molar-refractivity contribution in [2.24, 2.45) is 5.16 Å². The maximum absolute atomic E-state index is 10.9. The van der Waals surface area contributed by atoms with Gasteiger partial charge in [0.25, 0.3) is 0 Å². The number of H-pyrrole nitrogens is 1. The molecule has 0 radical (unpaired) electrons. The second kappa shape index (κ2) is 8.81. The summed E-state index contributed by atoms with van der Waals surface area (Å²) in [5.41, 5.74) is 0.519. The Balaban J connectivity index is 0.000000360. The van der Waals surface area contributed by atoms with Crippen LogP contribution in [0.4, 0.5) is 0 Å². The van der Waals surface area contributed by atoms with E-state index in [1.54, 1.807) is 36.7 Å². The van der Waals surface area contributed by atoms with E-state index in [1.165, 1.54) is 0 Å². The smallest absolute Gasteiger partial charge is 0.207 e. The van der Waals surface area contributed by atoms with Crippen LogP contribution < -0.4 is 0 Å². The standard InChI is InChI=1S/C8H7NO2.C3H4N2.H2O/c10-8(6-9-11)7-4-2-1-3-5-7;1-2-4-5-3-1;/h1-6,11H;1-3H,(H,4,5);1H2. The molecule has 2 rings (SSSR count). The van der Waals surface area contributed by atoms with Crippen molar-refractivity contribution < 1.29 is 15.5 Å². The number of hydrogen-bond acceptors (Lipinski definition) is 4. The molecule has 1 aromatic carbocycles. The molecule has 6 heteroatoms. The number of nitrogens with one attached hydrogen (secondary N) is 1. The molecular weight excluding hydrogens is 222 g/mol. The van der Waals surface area contributed by atoms with Crippen molar-refractivity contribution in [1.82, 2.24) is 10.2 Å². The van der Waals surface area contributed by atoms with Gasteiger partial charge in [0.2, 0.25) is 5.78 Å². The lowest BCUT2D eigenvalue weighted by Gasteiger charge is -1.90. The third kappa shape index (κ3) is 5.85. The largest absolute Gasteiger partial charge is 0.412 e. The fourth-order valence-corrected chi connectivity index (χ4v) is 0.945. The number of benzene rings is 1. The summed E-state index contributed by atoms with van der Waals surface area (Å²) < 4.78 is 0. The lowest BCUT2D eigenvalue weighted by Crippen LogP contribution is -1.98. The molecule has 0 amide bonds. The highest BCUT2D eigenvalue weighted by molar-refractivity contribution is 6.35. The van der Waals surface area contributed by atoms with Crippen LogP contribution in [-0.2, 0) is 0 Å². The van der Waals surface area contributed by atoms with Crippen LogP contribution in [-0.4, -0.2) is 32.9 Å². The number of hydrogen-bond donors (Lipinski definition) is 2. The Morgan fingerprint density at radius 2 is 2.00 bits per heavy atom. The van der Waals surface area contributed by atoms with Gasteiger partial charge in [-0.15, -0.1) is 0 Å². The number of Topliss-reactive ketones (excluding diaryl/α,β-unsaturated/α-hetero) is 1. The van der Waals surface area contributed by atoms with Crippen LogP contribution in [0.25, 0.3) is 0 Å². The Bertz CT molecular complexity index is 409. The van der Waals surface area contributed by atoms with Crippen LogP contribution >= 0.6 is 0 Å². The van der Waals surface area contributed by atoms with E-state index in [2.05, 4.69) is 15.4 Å². The lowest BCUT2D eigenvalue weighted by atomic mass is 10.1. The molecule has 4 N–H and O–H groups in total. The van der Waals surface area contributed by atoms with Crippen molar-refractivity contribution in [3.8, 4) is 0 Å². The van der Waals surface area contributed by atoms with Gasteiger partial charge in [-0.3, -0.25) is 9.89 Å². The Labute approximate surface area is 97.9 Å². The summed E-state index contributed by atoms with van der Waals surface area (Å²) in [5.74, 6) is -0.298. The molecule has 0 spiro atoms. The van der Waals surface area contributed by atoms with Gasteiger partial charge in [-0.1, -0.05) is 35.5 Å². The molecule has 6 nitrogen and oxygen atoms in total. The van der Waals surface area contributed by atoms with Crippen LogP contribution in [0, 0.1) is 0 Å². The highest BCUT2D eigenvalue weighted by Gasteiger charge is 1.98. The highest BCUT2D eigenvalue weighted by atomic mass is 16.4. The number of oxime groups is 1. The molecule has 0 aliphatic heterocycles. The number of aromatic nitrogens is 2. The van der Waals surface area contributed by atoms with Gasteiger partial charge < -0.3 is 10.7 Å². The van der Waals surface area contributed by atoms with E-state index in [9.17, 15) is 4.79 Å². The third-order valence-corrected chi connectivity index (χ3v) is 1.64. The van der Waals surface area contributed by atoms with Crippen molar-refractivity contribution >= 4 is 12.0 Å². The average molecular weight is 235 g/mol. The maximum Gasteiger partial charge on any atom is 0.207 e. The first-order chi connectivity index (χ1) is 7.84. The fraction of sp³-hybridized carbons (Fsp3) is 0. The van der Waals surface area contributed by atoms with Crippen LogP contribution in [0.2, 0.25) is 0 Å². The van der Waals surface area contributed by atoms with Crippen molar-refractivity contribution in [2.45, 2.75) is 0 Å². The van der Waals surface area contributed by atoms with Crippen molar-refractivity contribution in [3.63, 3.8) is 0 Å².